The van der Waals surface area contributed by atoms with E-state index in [2.05, 4.69) is 17.4 Å². The van der Waals surface area contributed by atoms with E-state index in [0.29, 0.717) is 26.2 Å². The van der Waals surface area contributed by atoms with Crippen LogP contribution in [0.5, 0.6) is 0 Å². The topological polar surface area (TPSA) is 67.6 Å². The Kier molecular flexibility index (Phi) is 7.87. The lowest BCUT2D eigenvalue weighted by atomic mass is 10.1. The van der Waals surface area contributed by atoms with Gasteiger partial charge >= 0.3 is 0 Å². The van der Waals surface area contributed by atoms with Gasteiger partial charge in [0.05, 0.1) is 6.54 Å². The van der Waals surface area contributed by atoms with Gasteiger partial charge in [0.25, 0.3) is 0 Å². The third-order valence-corrected chi connectivity index (χ3v) is 2.97. The maximum absolute atomic E-state index is 11.7. The van der Waals surface area contributed by atoms with Crippen molar-refractivity contribution in [2.24, 2.45) is 5.73 Å². The van der Waals surface area contributed by atoms with Gasteiger partial charge in [-0.25, -0.2) is 0 Å². The van der Waals surface area contributed by atoms with E-state index in [1.807, 2.05) is 24.1 Å². The minimum Gasteiger partial charge on any atom is -0.385 e. The summed E-state index contributed by atoms with van der Waals surface area (Å²) in [5.74, 6) is 0.0437. The Labute approximate surface area is 121 Å². The van der Waals surface area contributed by atoms with Crippen molar-refractivity contribution in [1.29, 1.82) is 0 Å². The predicted octanol–water partition coefficient (Wildman–Crippen LogP) is 0.730. The first-order valence-electron chi connectivity index (χ1n) is 6.87. The van der Waals surface area contributed by atoms with Crippen LogP contribution in [0.4, 0.5) is 0 Å². The van der Waals surface area contributed by atoms with Gasteiger partial charge in [-0.3, -0.25) is 9.69 Å². The summed E-state index contributed by atoms with van der Waals surface area (Å²) in [6.45, 7) is 3.03. The van der Waals surface area contributed by atoms with Gasteiger partial charge in [-0.1, -0.05) is 24.3 Å². The Hall–Kier alpha value is -1.43. The lowest BCUT2D eigenvalue weighted by Crippen LogP contribution is -2.35. The highest BCUT2D eigenvalue weighted by Crippen LogP contribution is 2.06. The normalized spacial score (nSPS) is 10.8. The number of methoxy groups -OCH3 is 1. The van der Waals surface area contributed by atoms with Crippen molar-refractivity contribution >= 4 is 5.91 Å². The minimum absolute atomic E-state index is 0.0437. The molecule has 1 rings (SSSR count). The summed E-state index contributed by atoms with van der Waals surface area (Å²) >= 11 is 0. The van der Waals surface area contributed by atoms with E-state index in [0.717, 1.165) is 18.5 Å². The number of hydrogen-bond donors (Lipinski definition) is 2. The van der Waals surface area contributed by atoms with Gasteiger partial charge in [-0.15, -0.1) is 0 Å². The Morgan fingerprint density at radius 1 is 1.30 bits per heavy atom. The first kappa shape index (κ1) is 16.6. The molecule has 5 nitrogen and oxygen atoms in total. The largest absolute Gasteiger partial charge is 0.385 e. The molecule has 1 amide bonds. The summed E-state index contributed by atoms with van der Waals surface area (Å²) < 4.78 is 4.93. The number of amides is 1. The Balaban J connectivity index is 2.27. The number of hydrogen-bond acceptors (Lipinski definition) is 4. The van der Waals surface area contributed by atoms with E-state index in [4.69, 9.17) is 10.5 Å². The van der Waals surface area contributed by atoms with Crippen molar-refractivity contribution < 1.29 is 9.53 Å². The molecule has 0 bridgehead atoms. The van der Waals surface area contributed by atoms with Crippen molar-refractivity contribution in [3.8, 4) is 0 Å². The number of rotatable bonds is 9. The summed E-state index contributed by atoms with van der Waals surface area (Å²) in [6, 6.07) is 8.15. The fourth-order valence-electron chi connectivity index (χ4n) is 1.89. The molecular formula is C15H25N3O2. The molecule has 3 N–H and O–H groups in total. The lowest BCUT2D eigenvalue weighted by molar-refractivity contribution is -0.122. The molecule has 0 aliphatic carbocycles. The molecule has 0 saturated carbocycles. The lowest BCUT2D eigenvalue weighted by Gasteiger charge is -2.16. The van der Waals surface area contributed by atoms with Crippen LogP contribution < -0.4 is 11.1 Å². The number of benzene rings is 1. The van der Waals surface area contributed by atoms with Crippen LogP contribution in [0.15, 0.2) is 24.3 Å². The molecule has 5 heteroatoms. The zero-order valence-corrected chi connectivity index (χ0v) is 12.4. The molecule has 0 unspecified atom stereocenters. The van der Waals surface area contributed by atoms with E-state index in [1.165, 1.54) is 5.56 Å². The third kappa shape index (κ3) is 6.65. The van der Waals surface area contributed by atoms with Gasteiger partial charge in [0.2, 0.25) is 5.91 Å². The zero-order valence-electron chi connectivity index (χ0n) is 12.4. The SMILES string of the molecule is COCCCNC(=O)CN(C)Cc1ccc(CN)cc1. The van der Waals surface area contributed by atoms with Crippen LogP contribution in [-0.4, -0.2) is 44.7 Å². The van der Waals surface area contributed by atoms with Crippen LogP contribution in [0.2, 0.25) is 0 Å². The minimum atomic E-state index is 0.0437. The molecular weight excluding hydrogens is 254 g/mol. The molecule has 0 radical (unpaired) electrons. The highest BCUT2D eigenvalue weighted by atomic mass is 16.5. The molecule has 1 aromatic carbocycles. The second-order valence-electron chi connectivity index (χ2n) is 4.89. The fourth-order valence-corrected chi connectivity index (χ4v) is 1.89. The van der Waals surface area contributed by atoms with Gasteiger partial charge in [-0.2, -0.15) is 0 Å². The van der Waals surface area contributed by atoms with E-state index < -0.39 is 0 Å². The molecule has 0 aliphatic heterocycles. The van der Waals surface area contributed by atoms with E-state index in [-0.39, 0.29) is 5.91 Å². The number of carbonyl (C=O) groups is 1. The molecule has 112 valence electrons. The summed E-state index contributed by atoms with van der Waals surface area (Å²) in [5, 5.41) is 2.88. The predicted molar refractivity (Wildman–Crippen MR) is 80.2 cm³/mol. The maximum atomic E-state index is 11.7. The Bertz CT molecular complexity index is 393. The number of carbonyl (C=O) groups excluding carboxylic acids is 1. The van der Waals surface area contributed by atoms with Crippen molar-refractivity contribution in [1.82, 2.24) is 10.2 Å². The van der Waals surface area contributed by atoms with Gasteiger partial charge in [0, 0.05) is 33.4 Å². The molecule has 0 saturated heterocycles. The Morgan fingerprint density at radius 2 is 1.95 bits per heavy atom. The summed E-state index contributed by atoms with van der Waals surface area (Å²) in [6.07, 6.45) is 0.840. The van der Waals surface area contributed by atoms with Crippen molar-refractivity contribution in [2.45, 2.75) is 19.5 Å². The average molecular weight is 279 g/mol. The van der Waals surface area contributed by atoms with Crippen molar-refractivity contribution in [3.63, 3.8) is 0 Å². The van der Waals surface area contributed by atoms with Crippen LogP contribution >= 0.6 is 0 Å². The second kappa shape index (κ2) is 9.47. The second-order valence-corrected chi connectivity index (χ2v) is 4.89. The standard InChI is InChI=1S/C15H25N3O2/c1-18(12-15(19)17-8-3-9-20-2)11-14-6-4-13(10-16)5-7-14/h4-7H,3,8-12,16H2,1-2H3,(H,17,19). The smallest absolute Gasteiger partial charge is 0.234 e. The molecule has 0 heterocycles. The fraction of sp³-hybridized carbons (Fsp3) is 0.533. The molecule has 0 aliphatic rings. The number of nitrogens with zero attached hydrogens (tertiary/aromatic N) is 1. The van der Waals surface area contributed by atoms with E-state index >= 15 is 0 Å². The van der Waals surface area contributed by atoms with Gasteiger partial charge in [0.15, 0.2) is 0 Å². The van der Waals surface area contributed by atoms with Gasteiger partial charge in [0.1, 0.15) is 0 Å². The number of ether oxygens (including phenoxy) is 1. The quantitative estimate of drug-likeness (QED) is 0.654. The average Bonchev–Trinajstić information content (AvgIpc) is 2.44. The highest BCUT2D eigenvalue weighted by Gasteiger charge is 2.06. The van der Waals surface area contributed by atoms with Crippen LogP contribution in [0.25, 0.3) is 0 Å². The van der Waals surface area contributed by atoms with E-state index in [1.54, 1.807) is 7.11 Å². The maximum Gasteiger partial charge on any atom is 0.234 e. The summed E-state index contributed by atoms with van der Waals surface area (Å²) in [5.41, 5.74) is 7.86. The molecule has 0 spiro atoms. The number of likely N-dealkylation sites (N-methyl/N-ethyl adjacent to an activating group) is 1. The summed E-state index contributed by atoms with van der Waals surface area (Å²) in [7, 11) is 3.59. The van der Waals surface area contributed by atoms with Crippen LogP contribution in [0, 0.1) is 0 Å². The molecule has 0 fully saturated rings. The first-order chi connectivity index (χ1) is 9.65. The number of nitrogens with one attached hydrogen (secondary N) is 1. The first-order valence-corrected chi connectivity index (χ1v) is 6.87. The van der Waals surface area contributed by atoms with Gasteiger partial charge in [-0.05, 0) is 24.6 Å². The van der Waals surface area contributed by atoms with Crippen molar-refractivity contribution in [3.05, 3.63) is 35.4 Å². The van der Waals surface area contributed by atoms with E-state index in [9.17, 15) is 4.79 Å². The highest BCUT2D eigenvalue weighted by molar-refractivity contribution is 5.77. The number of nitrogens with two attached hydrogens (primary N) is 1. The van der Waals surface area contributed by atoms with Crippen LogP contribution in [-0.2, 0) is 22.6 Å². The molecule has 1 aromatic rings. The molecule has 0 atom stereocenters. The molecule has 0 aromatic heterocycles. The zero-order chi connectivity index (χ0) is 14.8. The summed E-state index contributed by atoms with van der Waals surface area (Å²) in [4.78, 5) is 13.7. The monoisotopic (exact) mass is 279 g/mol. The molecule has 20 heavy (non-hydrogen) atoms. The van der Waals surface area contributed by atoms with Crippen LogP contribution in [0.1, 0.15) is 17.5 Å². The van der Waals surface area contributed by atoms with Crippen LogP contribution in [0.3, 0.4) is 0 Å². The third-order valence-electron chi connectivity index (χ3n) is 2.97. The van der Waals surface area contributed by atoms with Crippen molar-refractivity contribution in [2.75, 3.05) is 33.9 Å². The Morgan fingerprint density at radius 3 is 2.55 bits per heavy atom. The van der Waals surface area contributed by atoms with Gasteiger partial charge < -0.3 is 15.8 Å².